The van der Waals surface area contributed by atoms with Crippen molar-refractivity contribution in [3.8, 4) is 0 Å². The monoisotopic (exact) mass is 340 g/mol. The maximum atomic E-state index is 13.4. The van der Waals surface area contributed by atoms with E-state index in [9.17, 15) is 8.78 Å². The molecule has 0 aliphatic heterocycles. The summed E-state index contributed by atoms with van der Waals surface area (Å²) >= 11 is 0. The van der Waals surface area contributed by atoms with E-state index in [1.165, 1.54) is 6.07 Å². The molecule has 0 saturated carbocycles. The zero-order valence-corrected chi connectivity index (χ0v) is 14.2. The molecule has 0 fully saturated rings. The van der Waals surface area contributed by atoms with Crippen molar-refractivity contribution in [1.82, 2.24) is 9.97 Å². The highest BCUT2D eigenvalue weighted by Gasteiger charge is 2.07. The highest BCUT2D eigenvalue weighted by molar-refractivity contribution is 5.62. The van der Waals surface area contributed by atoms with E-state index in [-0.39, 0.29) is 0 Å². The van der Waals surface area contributed by atoms with Gasteiger partial charge in [-0.1, -0.05) is 12.1 Å². The standard InChI is InChI=1S/C19H18F2N4/c1-11-4-5-12(2)17(8-11)24-19-22-13(3)9-18(25-19)23-14-6-7-15(20)16(21)10-14/h4-10H,1-3H3,(H2,22,23,24,25). The van der Waals surface area contributed by atoms with Gasteiger partial charge in [0.25, 0.3) is 0 Å². The van der Waals surface area contributed by atoms with E-state index in [1.54, 1.807) is 6.07 Å². The Hall–Kier alpha value is -3.02. The second-order valence-electron chi connectivity index (χ2n) is 5.92. The molecule has 0 radical (unpaired) electrons. The molecule has 0 spiro atoms. The largest absolute Gasteiger partial charge is 0.340 e. The number of benzene rings is 2. The van der Waals surface area contributed by atoms with E-state index in [0.29, 0.717) is 17.5 Å². The fourth-order valence-electron chi connectivity index (χ4n) is 2.40. The topological polar surface area (TPSA) is 49.8 Å². The number of rotatable bonds is 4. The Morgan fingerprint density at radius 2 is 1.60 bits per heavy atom. The number of hydrogen-bond donors (Lipinski definition) is 2. The molecular weight excluding hydrogens is 322 g/mol. The highest BCUT2D eigenvalue weighted by atomic mass is 19.2. The molecule has 4 nitrogen and oxygen atoms in total. The summed E-state index contributed by atoms with van der Waals surface area (Å²) in [5.41, 5.74) is 4.28. The zero-order chi connectivity index (χ0) is 18.0. The van der Waals surface area contributed by atoms with Crippen LogP contribution in [0.15, 0.2) is 42.5 Å². The third kappa shape index (κ3) is 4.09. The van der Waals surface area contributed by atoms with Gasteiger partial charge in [0.1, 0.15) is 5.82 Å². The second kappa shape index (κ2) is 6.84. The molecule has 2 N–H and O–H groups in total. The Kier molecular flexibility index (Phi) is 4.61. The Balaban J connectivity index is 1.87. The summed E-state index contributed by atoms with van der Waals surface area (Å²) in [6.07, 6.45) is 0. The predicted molar refractivity (Wildman–Crippen MR) is 95.6 cm³/mol. The molecule has 3 rings (SSSR count). The maximum Gasteiger partial charge on any atom is 0.229 e. The van der Waals surface area contributed by atoms with Crippen LogP contribution in [-0.2, 0) is 0 Å². The molecule has 0 saturated heterocycles. The highest BCUT2D eigenvalue weighted by Crippen LogP contribution is 2.23. The van der Waals surface area contributed by atoms with E-state index in [1.807, 2.05) is 39.0 Å². The zero-order valence-electron chi connectivity index (χ0n) is 14.2. The average molecular weight is 340 g/mol. The number of hydrogen-bond acceptors (Lipinski definition) is 4. The van der Waals surface area contributed by atoms with Crippen molar-refractivity contribution in [2.45, 2.75) is 20.8 Å². The summed E-state index contributed by atoms with van der Waals surface area (Å²) in [4.78, 5) is 8.77. The van der Waals surface area contributed by atoms with E-state index in [0.717, 1.165) is 34.6 Å². The molecule has 0 aliphatic carbocycles. The van der Waals surface area contributed by atoms with E-state index >= 15 is 0 Å². The molecule has 0 aliphatic rings. The lowest BCUT2D eigenvalue weighted by molar-refractivity contribution is 0.509. The number of anilines is 4. The van der Waals surface area contributed by atoms with Crippen LogP contribution in [0.2, 0.25) is 0 Å². The molecule has 1 heterocycles. The van der Waals surface area contributed by atoms with Crippen LogP contribution < -0.4 is 10.6 Å². The van der Waals surface area contributed by atoms with Crippen LogP contribution in [0.3, 0.4) is 0 Å². The number of halogens is 2. The van der Waals surface area contributed by atoms with E-state index in [4.69, 9.17) is 0 Å². The number of nitrogens with one attached hydrogen (secondary N) is 2. The van der Waals surface area contributed by atoms with Crippen molar-refractivity contribution in [1.29, 1.82) is 0 Å². The van der Waals surface area contributed by atoms with Crippen molar-refractivity contribution in [2.24, 2.45) is 0 Å². The molecule has 2 aromatic carbocycles. The van der Waals surface area contributed by atoms with Crippen LogP contribution in [0.5, 0.6) is 0 Å². The number of aromatic nitrogens is 2. The van der Waals surface area contributed by atoms with Gasteiger partial charge in [-0.2, -0.15) is 4.98 Å². The first-order valence-electron chi connectivity index (χ1n) is 7.83. The molecule has 0 amide bonds. The fraction of sp³-hybridized carbons (Fsp3) is 0.158. The molecule has 0 unspecified atom stereocenters. The lowest BCUT2D eigenvalue weighted by Crippen LogP contribution is -2.03. The smallest absolute Gasteiger partial charge is 0.229 e. The SMILES string of the molecule is Cc1ccc(C)c(Nc2nc(C)cc(Nc3ccc(F)c(F)c3)n2)c1. The van der Waals surface area contributed by atoms with Gasteiger partial charge in [-0.05, 0) is 50.1 Å². The predicted octanol–water partition coefficient (Wildman–Crippen LogP) is 5.17. The van der Waals surface area contributed by atoms with Crippen molar-refractivity contribution >= 4 is 23.1 Å². The van der Waals surface area contributed by atoms with Gasteiger partial charge in [-0.15, -0.1) is 0 Å². The molecule has 1 aromatic heterocycles. The van der Waals surface area contributed by atoms with Crippen molar-refractivity contribution in [3.63, 3.8) is 0 Å². The lowest BCUT2D eigenvalue weighted by Gasteiger charge is -2.12. The fourth-order valence-corrected chi connectivity index (χ4v) is 2.40. The van der Waals surface area contributed by atoms with Gasteiger partial charge in [-0.3, -0.25) is 0 Å². The van der Waals surface area contributed by atoms with Crippen LogP contribution in [0.25, 0.3) is 0 Å². The molecule has 3 aromatic rings. The van der Waals surface area contributed by atoms with E-state index < -0.39 is 11.6 Å². The lowest BCUT2D eigenvalue weighted by atomic mass is 10.1. The third-order valence-corrected chi connectivity index (χ3v) is 3.69. The van der Waals surface area contributed by atoms with Crippen molar-refractivity contribution < 1.29 is 8.78 Å². The Bertz CT molecular complexity index is 925. The molecule has 6 heteroatoms. The Morgan fingerprint density at radius 3 is 2.36 bits per heavy atom. The summed E-state index contributed by atoms with van der Waals surface area (Å²) in [6, 6.07) is 11.4. The van der Waals surface area contributed by atoms with Gasteiger partial charge in [0, 0.05) is 29.2 Å². The maximum absolute atomic E-state index is 13.4. The molecular formula is C19H18F2N4. The number of nitrogens with zero attached hydrogens (tertiary/aromatic N) is 2. The van der Waals surface area contributed by atoms with E-state index in [2.05, 4.69) is 20.6 Å². The Morgan fingerprint density at radius 1 is 0.800 bits per heavy atom. The van der Waals surface area contributed by atoms with Gasteiger partial charge in [-0.25, -0.2) is 13.8 Å². The second-order valence-corrected chi connectivity index (χ2v) is 5.92. The average Bonchev–Trinajstić information content (AvgIpc) is 2.54. The summed E-state index contributed by atoms with van der Waals surface area (Å²) in [5.74, 6) is -0.878. The van der Waals surface area contributed by atoms with Crippen LogP contribution in [-0.4, -0.2) is 9.97 Å². The first-order valence-corrected chi connectivity index (χ1v) is 7.83. The van der Waals surface area contributed by atoms with Gasteiger partial charge in [0.15, 0.2) is 11.6 Å². The number of aryl methyl sites for hydroxylation is 3. The molecule has 25 heavy (non-hydrogen) atoms. The normalized spacial score (nSPS) is 10.6. The molecule has 0 bridgehead atoms. The van der Waals surface area contributed by atoms with Gasteiger partial charge >= 0.3 is 0 Å². The van der Waals surface area contributed by atoms with Gasteiger partial charge in [0.2, 0.25) is 5.95 Å². The van der Waals surface area contributed by atoms with Crippen LogP contribution in [0.1, 0.15) is 16.8 Å². The van der Waals surface area contributed by atoms with Crippen LogP contribution in [0, 0.1) is 32.4 Å². The Labute approximate surface area is 145 Å². The van der Waals surface area contributed by atoms with Gasteiger partial charge < -0.3 is 10.6 Å². The summed E-state index contributed by atoms with van der Waals surface area (Å²) < 4.78 is 26.4. The minimum absolute atomic E-state index is 0.412. The molecule has 128 valence electrons. The van der Waals surface area contributed by atoms with Crippen LogP contribution >= 0.6 is 0 Å². The minimum atomic E-state index is -0.912. The molecule has 0 atom stereocenters. The quantitative estimate of drug-likeness (QED) is 0.688. The summed E-state index contributed by atoms with van der Waals surface area (Å²) in [6.45, 7) is 5.85. The summed E-state index contributed by atoms with van der Waals surface area (Å²) in [7, 11) is 0. The first-order chi connectivity index (χ1) is 11.9. The third-order valence-electron chi connectivity index (χ3n) is 3.69. The summed E-state index contributed by atoms with van der Waals surface area (Å²) in [5, 5.41) is 6.17. The van der Waals surface area contributed by atoms with Crippen molar-refractivity contribution in [3.05, 3.63) is 70.9 Å². The van der Waals surface area contributed by atoms with Crippen LogP contribution in [0.4, 0.5) is 31.9 Å². The first kappa shape index (κ1) is 16.8. The van der Waals surface area contributed by atoms with Gasteiger partial charge in [0.05, 0.1) is 0 Å². The van der Waals surface area contributed by atoms with Crippen molar-refractivity contribution in [2.75, 3.05) is 10.6 Å². The minimum Gasteiger partial charge on any atom is -0.340 e.